The largest absolute Gasteiger partial charge is 0.370 e. The monoisotopic (exact) mass is 296 g/mol. The Hall–Kier alpha value is -1.93. The molecule has 0 bridgehead atoms. The molecule has 0 saturated carbocycles. The number of aryl methyl sites for hydroxylation is 1. The Morgan fingerprint density at radius 2 is 1.73 bits per heavy atom. The quantitative estimate of drug-likeness (QED) is 0.726. The average molecular weight is 296 g/mol. The number of ether oxygens (including phenoxy) is 1. The Labute approximate surface area is 131 Å². The van der Waals surface area contributed by atoms with Gasteiger partial charge in [0.2, 0.25) is 0 Å². The van der Waals surface area contributed by atoms with E-state index in [-0.39, 0.29) is 18.0 Å². The van der Waals surface area contributed by atoms with Crippen LogP contribution in [0.15, 0.2) is 66.7 Å². The van der Waals surface area contributed by atoms with Gasteiger partial charge in [0.25, 0.3) is 0 Å². The van der Waals surface area contributed by atoms with Gasteiger partial charge in [-0.3, -0.25) is 0 Å². The lowest BCUT2D eigenvalue weighted by molar-refractivity contribution is 0.00242. The molecular formula is C20H21FO. The molecule has 1 nitrogen and oxygen atoms in total. The van der Waals surface area contributed by atoms with Gasteiger partial charge in [-0.2, -0.15) is 0 Å². The number of rotatable bonds is 5. The van der Waals surface area contributed by atoms with E-state index in [0.717, 1.165) is 31.2 Å². The minimum atomic E-state index is -0.190. The summed E-state index contributed by atoms with van der Waals surface area (Å²) in [5.41, 5.74) is 2.47. The number of benzene rings is 2. The summed E-state index contributed by atoms with van der Waals surface area (Å²) in [6, 6.07) is 17.2. The van der Waals surface area contributed by atoms with Crippen molar-refractivity contribution in [2.75, 3.05) is 0 Å². The third-order valence-corrected chi connectivity index (χ3v) is 4.06. The SMILES string of the molecule is Fc1ccc(C[C@@H]2C=CC[C@H](CCc3ccccc3)O2)cc1. The highest BCUT2D eigenvalue weighted by atomic mass is 19.1. The van der Waals surface area contributed by atoms with Crippen molar-refractivity contribution in [2.24, 2.45) is 0 Å². The summed E-state index contributed by atoms with van der Waals surface area (Å²) in [6.45, 7) is 0. The molecule has 0 unspecified atom stereocenters. The molecule has 0 radical (unpaired) electrons. The highest BCUT2D eigenvalue weighted by Gasteiger charge is 2.18. The summed E-state index contributed by atoms with van der Waals surface area (Å²) in [7, 11) is 0. The molecule has 0 aromatic heterocycles. The van der Waals surface area contributed by atoms with Crippen LogP contribution in [0.25, 0.3) is 0 Å². The van der Waals surface area contributed by atoms with E-state index >= 15 is 0 Å². The number of hydrogen-bond donors (Lipinski definition) is 0. The second kappa shape index (κ2) is 7.37. The topological polar surface area (TPSA) is 9.23 Å². The first-order chi connectivity index (χ1) is 10.8. The van der Waals surface area contributed by atoms with Crippen molar-refractivity contribution in [3.05, 3.63) is 83.7 Å². The minimum absolute atomic E-state index is 0.0972. The summed E-state index contributed by atoms with van der Waals surface area (Å²) in [6.07, 6.45) is 8.58. The van der Waals surface area contributed by atoms with Crippen LogP contribution in [0.5, 0.6) is 0 Å². The molecule has 0 saturated heterocycles. The first-order valence-electron chi connectivity index (χ1n) is 7.90. The second-order valence-electron chi connectivity index (χ2n) is 5.82. The van der Waals surface area contributed by atoms with Crippen molar-refractivity contribution in [3.63, 3.8) is 0 Å². The van der Waals surface area contributed by atoms with E-state index in [1.54, 1.807) is 0 Å². The van der Waals surface area contributed by atoms with Gasteiger partial charge in [0.15, 0.2) is 0 Å². The van der Waals surface area contributed by atoms with Crippen LogP contribution >= 0.6 is 0 Å². The zero-order valence-electron chi connectivity index (χ0n) is 12.6. The van der Waals surface area contributed by atoms with Crippen LogP contribution in [-0.4, -0.2) is 12.2 Å². The summed E-state index contributed by atoms with van der Waals surface area (Å²) < 4.78 is 19.1. The van der Waals surface area contributed by atoms with E-state index in [0.29, 0.717) is 0 Å². The molecule has 2 heteroatoms. The van der Waals surface area contributed by atoms with Gasteiger partial charge in [0.1, 0.15) is 5.82 Å². The van der Waals surface area contributed by atoms with Crippen molar-refractivity contribution in [1.82, 2.24) is 0 Å². The Bertz CT molecular complexity index is 603. The van der Waals surface area contributed by atoms with Gasteiger partial charge in [-0.05, 0) is 42.5 Å². The van der Waals surface area contributed by atoms with Crippen molar-refractivity contribution in [1.29, 1.82) is 0 Å². The van der Waals surface area contributed by atoms with Gasteiger partial charge in [-0.15, -0.1) is 0 Å². The zero-order chi connectivity index (χ0) is 15.2. The third-order valence-electron chi connectivity index (χ3n) is 4.06. The molecule has 1 aliphatic rings. The van der Waals surface area contributed by atoms with Crippen molar-refractivity contribution < 1.29 is 9.13 Å². The van der Waals surface area contributed by atoms with Gasteiger partial charge in [-0.1, -0.05) is 54.6 Å². The van der Waals surface area contributed by atoms with Gasteiger partial charge < -0.3 is 4.74 Å². The minimum Gasteiger partial charge on any atom is -0.370 e. The molecule has 0 fully saturated rings. The van der Waals surface area contributed by atoms with E-state index in [1.165, 1.54) is 17.7 Å². The lowest BCUT2D eigenvalue weighted by Crippen LogP contribution is -2.26. The van der Waals surface area contributed by atoms with Gasteiger partial charge in [0.05, 0.1) is 12.2 Å². The molecule has 1 heterocycles. The summed E-state index contributed by atoms with van der Waals surface area (Å²) in [5.74, 6) is -0.190. The highest BCUT2D eigenvalue weighted by molar-refractivity contribution is 5.19. The lowest BCUT2D eigenvalue weighted by atomic mass is 10.0. The molecule has 2 aromatic rings. The summed E-state index contributed by atoms with van der Waals surface area (Å²) in [5, 5.41) is 0. The zero-order valence-corrected chi connectivity index (χ0v) is 12.6. The van der Waals surface area contributed by atoms with E-state index in [4.69, 9.17) is 4.74 Å². The molecule has 2 aromatic carbocycles. The van der Waals surface area contributed by atoms with Crippen molar-refractivity contribution in [3.8, 4) is 0 Å². The predicted molar refractivity (Wildman–Crippen MR) is 87.3 cm³/mol. The summed E-state index contributed by atoms with van der Waals surface area (Å²) >= 11 is 0. The number of halogens is 1. The molecule has 22 heavy (non-hydrogen) atoms. The van der Waals surface area contributed by atoms with Crippen molar-refractivity contribution in [2.45, 2.75) is 37.9 Å². The standard InChI is InChI=1S/C20H21FO/c21-18-12-9-17(10-13-18)15-20-8-4-7-19(22-20)14-11-16-5-2-1-3-6-16/h1-6,8-10,12-13,19-20H,7,11,14-15H2/t19-,20+/m1/s1. The number of hydrogen-bond acceptors (Lipinski definition) is 1. The molecule has 0 N–H and O–H groups in total. The van der Waals surface area contributed by atoms with E-state index in [9.17, 15) is 4.39 Å². The Balaban J connectivity index is 1.52. The van der Waals surface area contributed by atoms with Gasteiger partial charge in [0, 0.05) is 6.42 Å². The fourth-order valence-corrected chi connectivity index (χ4v) is 2.86. The van der Waals surface area contributed by atoms with Gasteiger partial charge in [-0.25, -0.2) is 4.39 Å². The molecule has 0 amide bonds. The van der Waals surface area contributed by atoms with E-state index in [1.807, 2.05) is 18.2 Å². The average Bonchev–Trinajstić information content (AvgIpc) is 2.57. The highest BCUT2D eigenvalue weighted by Crippen LogP contribution is 2.20. The summed E-state index contributed by atoms with van der Waals surface area (Å²) in [4.78, 5) is 0. The molecule has 114 valence electrons. The second-order valence-corrected chi connectivity index (χ2v) is 5.82. The Kier molecular flexibility index (Phi) is 5.02. The molecule has 0 aliphatic carbocycles. The maximum atomic E-state index is 12.9. The van der Waals surface area contributed by atoms with Crippen molar-refractivity contribution >= 4 is 0 Å². The fraction of sp³-hybridized carbons (Fsp3) is 0.300. The van der Waals surface area contributed by atoms with Crippen LogP contribution in [0.4, 0.5) is 4.39 Å². The maximum Gasteiger partial charge on any atom is 0.123 e. The fourth-order valence-electron chi connectivity index (χ4n) is 2.86. The first kappa shape index (κ1) is 15.0. The van der Waals surface area contributed by atoms with Gasteiger partial charge >= 0.3 is 0 Å². The lowest BCUT2D eigenvalue weighted by Gasteiger charge is -2.26. The van der Waals surface area contributed by atoms with Crippen LogP contribution in [-0.2, 0) is 17.6 Å². The molecule has 2 atom stereocenters. The third kappa shape index (κ3) is 4.28. The predicted octanol–water partition coefficient (Wildman–Crippen LogP) is 4.71. The van der Waals surface area contributed by atoms with Crippen LogP contribution < -0.4 is 0 Å². The van der Waals surface area contributed by atoms with E-state index < -0.39 is 0 Å². The van der Waals surface area contributed by atoms with E-state index in [2.05, 4.69) is 36.4 Å². The molecule has 0 spiro atoms. The maximum absolute atomic E-state index is 12.9. The molecule has 1 aliphatic heterocycles. The van der Waals surface area contributed by atoms with Crippen LogP contribution in [0.3, 0.4) is 0 Å². The molecule has 3 rings (SSSR count). The Morgan fingerprint density at radius 3 is 2.50 bits per heavy atom. The normalized spacial score (nSPS) is 21.0. The first-order valence-corrected chi connectivity index (χ1v) is 7.90. The van der Waals surface area contributed by atoms with Crippen LogP contribution in [0.2, 0.25) is 0 Å². The smallest absolute Gasteiger partial charge is 0.123 e. The van der Waals surface area contributed by atoms with Crippen LogP contribution in [0.1, 0.15) is 24.0 Å². The Morgan fingerprint density at radius 1 is 0.955 bits per heavy atom. The van der Waals surface area contributed by atoms with Crippen LogP contribution in [0, 0.1) is 5.82 Å². The molecular weight excluding hydrogens is 275 g/mol.